The third-order valence-electron chi connectivity index (χ3n) is 5.37. The Kier molecular flexibility index (Phi) is 7.95. The van der Waals surface area contributed by atoms with Crippen molar-refractivity contribution in [1.82, 2.24) is 15.2 Å². The molecule has 1 aromatic heterocycles. The third kappa shape index (κ3) is 6.16. The number of methoxy groups -OCH3 is 2. The molecule has 35 heavy (non-hydrogen) atoms. The molecule has 0 unspecified atom stereocenters. The van der Waals surface area contributed by atoms with Crippen molar-refractivity contribution in [3.05, 3.63) is 78.4 Å². The molecule has 0 fully saturated rings. The fourth-order valence-electron chi connectivity index (χ4n) is 3.43. The number of carbonyl (C=O) groups excluding carboxylic acids is 1. The zero-order valence-corrected chi connectivity index (χ0v) is 20.6. The van der Waals surface area contributed by atoms with E-state index in [9.17, 15) is 4.79 Å². The first-order valence-electron chi connectivity index (χ1n) is 11.1. The van der Waals surface area contributed by atoms with E-state index in [2.05, 4.69) is 15.5 Å². The molecule has 178 valence electrons. The first-order chi connectivity index (χ1) is 17.1. The van der Waals surface area contributed by atoms with Gasteiger partial charge in [0, 0.05) is 29.0 Å². The summed E-state index contributed by atoms with van der Waals surface area (Å²) in [6.07, 6.45) is 0.334. The molecule has 4 aromatic rings. The standard InChI is InChI=1S/C27H26N4O3S/c1-18-6-4-5-7-23(18)28-24(32)16-17-35-27-29-25(19-8-12-21(33-2)13-9-19)26(30-31-27)20-10-14-22(34-3)15-11-20/h4-15H,16-17H2,1-3H3,(H,28,32). The van der Waals surface area contributed by atoms with Crippen LogP contribution in [0.3, 0.4) is 0 Å². The normalized spacial score (nSPS) is 10.6. The van der Waals surface area contributed by atoms with E-state index in [1.54, 1.807) is 14.2 Å². The highest BCUT2D eigenvalue weighted by Crippen LogP contribution is 2.32. The van der Waals surface area contributed by atoms with Crippen molar-refractivity contribution in [3.63, 3.8) is 0 Å². The number of carbonyl (C=O) groups is 1. The van der Waals surface area contributed by atoms with E-state index in [-0.39, 0.29) is 5.91 Å². The molecule has 1 heterocycles. The van der Waals surface area contributed by atoms with Crippen LogP contribution in [0.1, 0.15) is 12.0 Å². The molecular weight excluding hydrogens is 460 g/mol. The van der Waals surface area contributed by atoms with E-state index >= 15 is 0 Å². The van der Waals surface area contributed by atoms with Crippen molar-refractivity contribution < 1.29 is 14.3 Å². The molecule has 0 aliphatic rings. The number of para-hydroxylation sites is 1. The molecule has 0 saturated heterocycles. The number of rotatable bonds is 9. The Hall–Kier alpha value is -3.91. The molecule has 0 spiro atoms. The van der Waals surface area contributed by atoms with Gasteiger partial charge in [-0.2, -0.15) is 0 Å². The maximum Gasteiger partial charge on any atom is 0.225 e. The monoisotopic (exact) mass is 486 g/mol. The fraction of sp³-hybridized carbons (Fsp3) is 0.185. The quantitative estimate of drug-likeness (QED) is 0.306. The molecule has 0 aliphatic carbocycles. The van der Waals surface area contributed by atoms with Crippen molar-refractivity contribution >= 4 is 23.4 Å². The predicted molar refractivity (Wildman–Crippen MR) is 139 cm³/mol. The van der Waals surface area contributed by atoms with Gasteiger partial charge in [0.25, 0.3) is 0 Å². The molecule has 3 aromatic carbocycles. The van der Waals surface area contributed by atoms with E-state index in [1.807, 2.05) is 79.7 Å². The summed E-state index contributed by atoms with van der Waals surface area (Å²) in [6, 6.07) is 23.0. The minimum atomic E-state index is -0.0509. The molecule has 0 saturated carbocycles. The van der Waals surface area contributed by atoms with E-state index in [0.29, 0.717) is 28.7 Å². The number of ether oxygens (including phenoxy) is 2. The van der Waals surface area contributed by atoms with Crippen molar-refractivity contribution in [2.45, 2.75) is 18.5 Å². The van der Waals surface area contributed by atoms with Crippen LogP contribution < -0.4 is 14.8 Å². The van der Waals surface area contributed by atoms with Gasteiger partial charge >= 0.3 is 0 Å². The highest BCUT2D eigenvalue weighted by Gasteiger charge is 2.15. The summed E-state index contributed by atoms with van der Waals surface area (Å²) in [7, 11) is 3.26. The lowest BCUT2D eigenvalue weighted by Gasteiger charge is -2.11. The van der Waals surface area contributed by atoms with Crippen LogP contribution in [0.5, 0.6) is 11.5 Å². The summed E-state index contributed by atoms with van der Waals surface area (Å²) in [5, 5.41) is 12.3. The Bertz CT molecular complexity index is 1290. The van der Waals surface area contributed by atoms with Gasteiger partial charge in [-0.25, -0.2) is 4.98 Å². The predicted octanol–water partition coefficient (Wildman–Crippen LogP) is 5.65. The summed E-state index contributed by atoms with van der Waals surface area (Å²) in [4.78, 5) is 17.2. The maximum absolute atomic E-state index is 12.4. The molecule has 1 amide bonds. The first-order valence-corrected chi connectivity index (χ1v) is 12.1. The fourth-order valence-corrected chi connectivity index (χ4v) is 4.15. The lowest BCUT2D eigenvalue weighted by atomic mass is 10.0. The molecular formula is C27H26N4O3S. The van der Waals surface area contributed by atoms with Crippen LogP contribution in [0.25, 0.3) is 22.5 Å². The Labute approximate surface area is 208 Å². The molecule has 7 nitrogen and oxygen atoms in total. The largest absolute Gasteiger partial charge is 0.497 e. The van der Waals surface area contributed by atoms with E-state index in [1.165, 1.54) is 11.8 Å². The number of nitrogens with one attached hydrogen (secondary N) is 1. The summed E-state index contributed by atoms with van der Waals surface area (Å²) in [5.41, 5.74) is 5.00. The Morgan fingerprint density at radius 1 is 0.829 bits per heavy atom. The van der Waals surface area contributed by atoms with Crippen LogP contribution in [0.2, 0.25) is 0 Å². The molecule has 0 bridgehead atoms. The van der Waals surface area contributed by atoms with Gasteiger partial charge in [0.1, 0.15) is 22.9 Å². The van der Waals surface area contributed by atoms with Crippen molar-refractivity contribution in [2.24, 2.45) is 0 Å². The van der Waals surface area contributed by atoms with Gasteiger partial charge in [-0.1, -0.05) is 30.0 Å². The number of nitrogens with zero attached hydrogens (tertiary/aromatic N) is 3. The topological polar surface area (TPSA) is 86.2 Å². The van der Waals surface area contributed by atoms with Gasteiger partial charge in [-0.15, -0.1) is 10.2 Å². The van der Waals surface area contributed by atoms with Crippen molar-refractivity contribution in [3.8, 4) is 34.0 Å². The van der Waals surface area contributed by atoms with Crippen molar-refractivity contribution in [2.75, 3.05) is 25.3 Å². The maximum atomic E-state index is 12.4. The SMILES string of the molecule is COc1ccc(-c2nnc(SCCC(=O)Nc3ccccc3C)nc2-c2ccc(OC)cc2)cc1. The lowest BCUT2D eigenvalue weighted by molar-refractivity contribution is -0.115. The zero-order chi connectivity index (χ0) is 24.6. The Balaban J connectivity index is 1.52. The Morgan fingerprint density at radius 3 is 2.03 bits per heavy atom. The average Bonchev–Trinajstić information content (AvgIpc) is 2.90. The van der Waals surface area contributed by atoms with Crippen molar-refractivity contribution in [1.29, 1.82) is 0 Å². The summed E-state index contributed by atoms with van der Waals surface area (Å²) >= 11 is 1.40. The number of hydrogen-bond acceptors (Lipinski definition) is 7. The van der Waals surface area contributed by atoms with Crippen LogP contribution in [0.4, 0.5) is 5.69 Å². The highest BCUT2D eigenvalue weighted by atomic mass is 32.2. The number of hydrogen-bond donors (Lipinski definition) is 1. The summed E-state index contributed by atoms with van der Waals surface area (Å²) < 4.78 is 10.6. The van der Waals surface area contributed by atoms with Gasteiger partial charge in [-0.05, 0) is 67.1 Å². The number of amides is 1. The van der Waals surface area contributed by atoms with Crippen LogP contribution in [0.15, 0.2) is 78.0 Å². The first kappa shape index (κ1) is 24.2. The zero-order valence-electron chi connectivity index (χ0n) is 19.8. The third-order valence-corrected chi connectivity index (χ3v) is 6.21. The molecule has 0 radical (unpaired) electrons. The van der Waals surface area contributed by atoms with Gasteiger partial charge in [-0.3, -0.25) is 4.79 Å². The number of thioether (sulfide) groups is 1. The number of anilines is 1. The number of benzene rings is 3. The lowest BCUT2D eigenvalue weighted by Crippen LogP contribution is -2.13. The molecule has 1 N–H and O–H groups in total. The average molecular weight is 487 g/mol. The Morgan fingerprint density at radius 2 is 1.43 bits per heavy atom. The van der Waals surface area contributed by atoms with E-state index in [0.717, 1.165) is 33.9 Å². The highest BCUT2D eigenvalue weighted by molar-refractivity contribution is 7.99. The number of aryl methyl sites for hydroxylation is 1. The van der Waals surface area contributed by atoms with Gasteiger partial charge in [0.2, 0.25) is 11.1 Å². The summed E-state index contributed by atoms with van der Waals surface area (Å²) in [5.74, 6) is 2.00. The van der Waals surface area contributed by atoms with Crippen LogP contribution in [-0.2, 0) is 4.79 Å². The second-order valence-electron chi connectivity index (χ2n) is 7.71. The number of aromatic nitrogens is 3. The van der Waals surface area contributed by atoms with Crippen LogP contribution >= 0.6 is 11.8 Å². The van der Waals surface area contributed by atoms with Gasteiger partial charge in [0.05, 0.1) is 14.2 Å². The minimum absolute atomic E-state index is 0.0509. The smallest absolute Gasteiger partial charge is 0.225 e. The summed E-state index contributed by atoms with van der Waals surface area (Å²) in [6.45, 7) is 1.97. The molecule has 0 aliphatic heterocycles. The van der Waals surface area contributed by atoms with Gasteiger partial charge < -0.3 is 14.8 Å². The molecule has 8 heteroatoms. The van der Waals surface area contributed by atoms with Crippen LogP contribution in [0, 0.1) is 6.92 Å². The van der Waals surface area contributed by atoms with Gasteiger partial charge in [0.15, 0.2) is 0 Å². The second-order valence-corrected chi connectivity index (χ2v) is 8.77. The molecule has 0 atom stereocenters. The van der Waals surface area contributed by atoms with E-state index < -0.39 is 0 Å². The van der Waals surface area contributed by atoms with Crippen LogP contribution in [-0.4, -0.2) is 41.1 Å². The molecule has 4 rings (SSSR count). The minimum Gasteiger partial charge on any atom is -0.497 e. The van der Waals surface area contributed by atoms with E-state index in [4.69, 9.17) is 14.5 Å². The second kappa shape index (κ2) is 11.5.